The van der Waals surface area contributed by atoms with E-state index < -0.39 is 41.2 Å². The van der Waals surface area contributed by atoms with Crippen molar-refractivity contribution in [3.05, 3.63) is 0 Å². The summed E-state index contributed by atoms with van der Waals surface area (Å²) < 4.78 is 51.9. The minimum Gasteiger partial charge on any atom is -0.425 e. The Labute approximate surface area is 86.3 Å². The topological polar surface area (TPSA) is 27.7 Å². The minimum atomic E-state index is -4.11. The lowest BCUT2D eigenvalue weighted by molar-refractivity contribution is -0.131. The van der Waals surface area contributed by atoms with Gasteiger partial charge in [0, 0.05) is 6.42 Å². The molecule has 1 heterocycles. The average molecular weight is 262 g/mol. The van der Waals surface area contributed by atoms with Gasteiger partial charge in [-0.05, 0) is 12.1 Å². The molecule has 0 saturated carbocycles. The first kappa shape index (κ1) is 12.4. The Kier molecular flexibility index (Phi) is 4.33. The molecule has 0 amide bonds. The molecule has 0 radical (unpaired) electrons. The fourth-order valence-electron chi connectivity index (χ4n) is 1.23. The van der Waals surface area contributed by atoms with E-state index in [1.54, 1.807) is 0 Å². The fourth-order valence-corrected chi connectivity index (χ4v) is 10.3. The van der Waals surface area contributed by atoms with Crippen molar-refractivity contribution >= 4 is 28.6 Å². The van der Waals surface area contributed by atoms with Crippen LogP contribution in [0, 0.1) is 0 Å². The standard InChI is InChI=1S/C5H13F3O3Si3/c1-2-14(4-3-5(6,7)8)10-12-9-13-11-14/h2-4,12-13H2,1H3. The second kappa shape index (κ2) is 4.90. The van der Waals surface area contributed by atoms with Crippen LogP contribution < -0.4 is 0 Å². The van der Waals surface area contributed by atoms with Crippen molar-refractivity contribution in [2.24, 2.45) is 0 Å². The summed E-state index contributed by atoms with van der Waals surface area (Å²) in [7, 11) is -4.57. The first-order valence-electron chi connectivity index (χ1n) is 4.40. The molecule has 0 aromatic rings. The van der Waals surface area contributed by atoms with Crippen molar-refractivity contribution in [2.75, 3.05) is 0 Å². The third-order valence-electron chi connectivity index (χ3n) is 2.14. The first-order valence-corrected chi connectivity index (χ1v) is 8.94. The van der Waals surface area contributed by atoms with Crippen LogP contribution in [0.15, 0.2) is 0 Å². The van der Waals surface area contributed by atoms with E-state index in [-0.39, 0.29) is 6.04 Å². The Balaban J connectivity index is 2.44. The number of halogens is 3. The summed E-state index contributed by atoms with van der Waals surface area (Å²) in [4.78, 5) is 0. The van der Waals surface area contributed by atoms with Gasteiger partial charge in [-0.2, -0.15) is 13.2 Å². The zero-order valence-corrected chi connectivity index (χ0v) is 11.7. The second-order valence-corrected chi connectivity index (χ2v) is 10.6. The molecule has 0 atom stereocenters. The van der Waals surface area contributed by atoms with Gasteiger partial charge in [0.2, 0.25) is 0 Å². The Morgan fingerprint density at radius 1 is 1.21 bits per heavy atom. The molecule has 1 aliphatic heterocycles. The summed E-state index contributed by atoms with van der Waals surface area (Å²) in [5.41, 5.74) is 0. The van der Waals surface area contributed by atoms with E-state index in [2.05, 4.69) is 0 Å². The predicted molar refractivity (Wildman–Crippen MR) is 52.1 cm³/mol. The molecule has 3 nitrogen and oxygen atoms in total. The lowest BCUT2D eigenvalue weighted by Crippen LogP contribution is -2.49. The van der Waals surface area contributed by atoms with Crippen LogP contribution in [0.5, 0.6) is 0 Å². The van der Waals surface area contributed by atoms with Crippen molar-refractivity contribution in [1.29, 1.82) is 0 Å². The van der Waals surface area contributed by atoms with Gasteiger partial charge in [-0.3, -0.25) is 0 Å². The van der Waals surface area contributed by atoms with E-state index in [1.165, 1.54) is 0 Å². The Bertz CT molecular complexity index is 183. The number of alkyl halides is 3. The first-order chi connectivity index (χ1) is 6.47. The van der Waals surface area contributed by atoms with E-state index in [1.807, 2.05) is 6.92 Å². The van der Waals surface area contributed by atoms with Crippen molar-refractivity contribution in [3.63, 3.8) is 0 Å². The molecule has 0 unspecified atom stereocenters. The number of rotatable bonds is 3. The largest absolute Gasteiger partial charge is 0.425 e. The van der Waals surface area contributed by atoms with Crippen molar-refractivity contribution < 1.29 is 25.5 Å². The van der Waals surface area contributed by atoms with E-state index >= 15 is 0 Å². The van der Waals surface area contributed by atoms with Crippen molar-refractivity contribution in [1.82, 2.24) is 0 Å². The van der Waals surface area contributed by atoms with Gasteiger partial charge < -0.3 is 12.3 Å². The van der Waals surface area contributed by atoms with E-state index in [0.717, 1.165) is 0 Å². The maximum atomic E-state index is 12.0. The highest BCUT2D eigenvalue weighted by Gasteiger charge is 2.41. The van der Waals surface area contributed by atoms with E-state index in [4.69, 9.17) is 12.3 Å². The Morgan fingerprint density at radius 2 is 1.79 bits per heavy atom. The van der Waals surface area contributed by atoms with Gasteiger partial charge in [-0.15, -0.1) is 0 Å². The van der Waals surface area contributed by atoms with Gasteiger partial charge in [0.15, 0.2) is 0 Å². The third kappa shape index (κ3) is 3.82. The molecule has 1 fully saturated rings. The molecule has 0 N–H and O–H groups in total. The highest BCUT2D eigenvalue weighted by Crippen LogP contribution is 2.29. The molecule has 14 heavy (non-hydrogen) atoms. The highest BCUT2D eigenvalue weighted by atomic mass is 28.5. The quantitative estimate of drug-likeness (QED) is 0.692. The summed E-state index contributed by atoms with van der Waals surface area (Å²) in [6.45, 7) is 1.83. The molecule has 0 aromatic heterocycles. The summed E-state index contributed by atoms with van der Waals surface area (Å²) in [6, 6.07) is 0.614. The smallest absolute Gasteiger partial charge is 0.389 e. The van der Waals surface area contributed by atoms with Crippen LogP contribution in [-0.4, -0.2) is 34.8 Å². The molecule has 0 aromatic carbocycles. The summed E-state index contributed by atoms with van der Waals surface area (Å²) >= 11 is 0. The second-order valence-electron chi connectivity index (χ2n) is 3.11. The van der Waals surface area contributed by atoms with Crippen LogP contribution in [-0.2, 0) is 12.3 Å². The Morgan fingerprint density at radius 3 is 2.21 bits per heavy atom. The SMILES string of the molecule is CC[Si]1(CCC(F)(F)F)O[SiH2]O[SiH2]O1. The molecule has 84 valence electrons. The molecular weight excluding hydrogens is 249 g/mol. The number of hydrogen-bond acceptors (Lipinski definition) is 3. The highest BCUT2D eigenvalue weighted by molar-refractivity contribution is 6.76. The van der Waals surface area contributed by atoms with Crippen LogP contribution in [0.1, 0.15) is 13.3 Å². The summed E-state index contributed by atoms with van der Waals surface area (Å²) in [6.07, 6.45) is -4.90. The van der Waals surface area contributed by atoms with Gasteiger partial charge >= 0.3 is 14.7 Å². The van der Waals surface area contributed by atoms with Gasteiger partial charge in [-0.25, -0.2) is 0 Å². The van der Waals surface area contributed by atoms with Crippen LogP contribution in [0.2, 0.25) is 12.1 Å². The number of hydrogen-bond donors (Lipinski definition) is 0. The van der Waals surface area contributed by atoms with Crippen molar-refractivity contribution in [3.8, 4) is 0 Å². The van der Waals surface area contributed by atoms with Gasteiger partial charge in [0.05, 0.1) is 0 Å². The van der Waals surface area contributed by atoms with E-state index in [0.29, 0.717) is 6.04 Å². The zero-order chi connectivity index (χ0) is 10.7. The Hall–Kier alpha value is 0.321. The molecule has 0 bridgehead atoms. The summed E-state index contributed by atoms with van der Waals surface area (Å²) in [5, 5.41) is 0. The lowest BCUT2D eigenvalue weighted by atomic mass is 10.5. The monoisotopic (exact) mass is 262 g/mol. The van der Waals surface area contributed by atoms with Crippen LogP contribution in [0.25, 0.3) is 0 Å². The normalized spacial score (nSPS) is 32.6. The van der Waals surface area contributed by atoms with Gasteiger partial charge in [0.25, 0.3) is 20.0 Å². The molecule has 1 rings (SSSR count). The maximum Gasteiger partial charge on any atom is 0.389 e. The maximum absolute atomic E-state index is 12.0. The van der Waals surface area contributed by atoms with Crippen LogP contribution >= 0.6 is 0 Å². The molecule has 0 spiro atoms. The molecule has 1 saturated heterocycles. The van der Waals surface area contributed by atoms with Crippen LogP contribution in [0.3, 0.4) is 0 Å². The molecule has 0 aliphatic carbocycles. The van der Waals surface area contributed by atoms with Crippen molar-refractivity contribution in [2.45, 2.75) is 31.6 Å². The minimum absolute atomic E-state index is 0.0242. The molecule has 1 aliphatic rings. The fraction of sp³-hybridized carbons (Fsp3) is 1.00. The predicted octanol–water partition coefficient (Wildman–Crippen LogP) is 0.462. The third-order valence-corrected chi connectivity index (χ3v) is 10.7. The van der Waals surface area contributed by atoms with Gasteiger partial charge in [0.1, 0.15) is 0 Å². The molecule has 9 heteroatoms. The lowest BCUT2D eigenvalue weighted by Gasteiger charge is -2.34. The molecular formula is C5H13F3O3Si3. The average Bonchev–Trinajstić information content (AvgIpc) is 2.15. The zero-order valence-electron chi connectivity index (χ0n) is 7.89. The summed E-state index contributed by atoms with van der Waals surface area (Å²) in [5.74, 6) is 0. The van der Waals surface area contributed by atoms with Gasteiger partial charge in [-0.1, -0.05) is 6.92 Å². The van der Waals surface area contributed by atoms with Crippen LogP contribution in [0.4, 0.5) is 13.2 Å². The van der Waals surface area contributed by atoms with E-state index in [9.17, 15) is 13.2 Å².